The summed E-state index contributed by atoms with van der Waals surface area (Å²) in [5, 5.41) is 43.2. The molecule has 0 saturated heterocycles. The van der Waals surface area contributed by atoms with Crippen LogP contribution in [0.5, 0.6) is 0 Å². The van der Waals surface area contributed by atoms with Gasteiger partial charge in [-0.3, -0.25) is 0 Å². The minimum Gasteiger partial charge on any atom is -0.550 e. The molecular formula is C50H82BaO8. The number of hydrogen-bond donors (Lipinski definition) is 2. The maximum Gasteiger partial charge on any atom is 2.00 e. The Hall–Kier alpha value is -1.21. The molecule has 2 rings (SSSR count). The van der Waals surface area contributed by atoms with Crippen LogP contribution < -0.4 is 10.2 Å². The topological polar surface area (TPSA) is 139 Å². The Labute approximate surface area is 400 Å². The van der Waals surface area contributed by atoms with Crippen LogP contribution in [-0.2, 0) is 32.3 Å². The molecule has 0 radical (unpaired) electrons. The molecule has 8 nitrogen and oxygen atoms in total. The molecule has 0 spiro atoms. The number of aliphatic hydroxyl groups is 2. The van der Waals surface area contributed by atoms with Gasteiger partial charge < -0.3 is 39.5 Å². The first-order chi connectivity index (χ1) is 28.1. The Kier molecular flexibility index (Phi) is 38.8. The number of carbonyl (C=O) groups is 2. The van der Waals surface area contributed by atoms with E-state index in [0.717, 1.165) is 49.7 Å². The van der Waals surface area contributed by atoms with Crippen molar-refractivity contribution in [2.24, 2.45) is 0 Å². The van der Waals surface area contributed by atoms with Crippen LogP contribution in [-0.4, -0.2) is 82.6 Å². The second-order valence-corrected chi connectivity index (χ2v) is 16.5. The fraction of sp³-hybridized carbons (Fsp3) is 0.720. The Bertz CT molecular complexity index is 1140. The van der Waals surface area contributed by atoms with Crippen LogP contribution in [0.3, 0.4) is 0 Å². The summed E-state index contributed by atoms with van der Waals surface area (Å²) < 4.78 is 11.1. The summed E-state index contributed by atoms with van der Waals surface area (Å²) in [6.07, 6.45) is 32.0. The van der Waals surface area contributed by atoms with Gasteiger partial charge >= 0.3 is 48.9 Å². The molecule has 0 bridgehead atoms. The van der Waals surface area contributed by atoms with Gasteiger partial charge in [0.2, 0.25) is 0 Å². The molecule has 0 saturated carbocycles. The van der Waals surface area contributed by atoms with Gasteiger partial charge in [-0.15, -0.1) is 0 Å². The van der Waals surface area contributed by atoms with Gasteiger partial charge in [-0.25, -0.2) is 0 Å². The zero-order valence-corrected chi connectivity index (χ0v) is 41.9. The smallest absolute Gasteiger partial charge is 0.550 e. The first-order valence-electron chi connectivity index (χ1n) is 23.3. The van der Waals surface area contributed by atoms with Gasteiger partial charge in [-0.1, -0.05) is 229 Å². The molecule has 0 aromatic heterocycles. The van der Waals surface area contributed by atoms with Crippen LogP contribution in [0.2, 0.25) is 0 Å². The third kappa shape index (κ3) is 36.0. The van der Waals surface area contributed by atoms with Crippen molar-refractivity contribution >= 4 is 60.8 Å². The molecule has 0 amide bonds. The van der Waals surface area contributed by atoms with E-state index in [-0.39, 0.29) is 62.1 Å². The second-order valence-electron chi connectivity index (χ2n) is 16.5. The summed E-state index contributed by atoms with van der Waals surface area (Å²) in [5.41, 5.74) is 1.82. The van der Waals surface area contributed by atoms with Gasteiger partial charge in [0.25, 0.3) is 0 Å². The average Bonchev–Trinajstić information content (AvgIpc) is 3.20. The largest absolute Gasteiger partial charge is 2.00 e. The van der Waals surface area contributed by atoms with Crippen molar-refractivity contribution in [1.29, 1.82) is 0 Å². The quantitative estimate of drug-likeness (QED) is 0.0385. The van der Waals surface area contributed by atoms with Crippen molar-refractivity contribution in [1.82, 2.24) is 0 Å². The van der Waals surface area contributed by atoms with Crippen LogP contribution in [0.15, 0.2) is 60.7 Å². The SMILES string of the molecule is CCCCCCCCCCCCCCCC(O)(CC(=O)[O-])OCc1ccccc1.CCCCCCCCCCCCCCCC(O)(CC(=O)[O-])OCc1ccccc1.[Ba+2]. The average molecular weight is 949 g/mol. The molecule has 59 heavy (non-hydrogen) atoms. The molecule has 0 heterocycles. The van der Waals surface area contributed by atoms with Gasteiger partial charge in [0.15, 0.2) is 11.6 Å². The van der Waals surface area contributed by atoms with Crippen molar-refractivity contribution in [3.8, 4) is 0 Å². The van der Waals surface area contributed by atoms with Gasteiger partial charge in [-0.2, -0.15) is 0 Å². The fourth-order valence-electron chi connectivity index (χ4n) is 7.30. The van der Waals surface area contributed by atoms with Crippen LogP contribution in [0.4, 0.5) is 0 Å². The van der Waals surface area contributed by atoms with Gasteiger partial charge in [0, 0.05) is 37.6 Å². The number of hydrogen-bond acceptors (Lipinski definition) is 8. The molecule has 2 aromatic rings. The second kappa shape index (κ2) is 39.6. The van der Waals surface area contributed by atoms with E-state index in [0.29, 0.717) is 12.8 Å². The number of rotatable bonds is 38. The summed E-state index contributed by atoms with van der Waals surface area (Å²) in [4.78, 5) is 22.0. The predicted octanol–water partition coefficient (Wildman–Crippen LogP) is 10.6. The van der Waals surface area contributed by atoms with Crippen LogP contribution in [0.25, 0.3) is 0 Å². The summed E-state index contributed by atoms with van der Waals surface area (Å²) in [6, 6.07) is 19.0. The normalized spacial score (nSPS) is 13.1. The zero-order chi connectivity index (χ0) is 42.4. The minimum absolute atomic E-state index is 0. The van der Waals surface area contributed by atoms with E-state index in [1.807, 2.05) is 60.7 Å². The van der Waals surface area contributed by atoms with Crippen molar-refractivity contribution in [2.75, 3.05) is 0 Å². The number of ether oxygens (including phenoxy) is 2. The first kappa shape index (κ1) is 57.8. The molecule has 2 atom stereocenters. The summed E-state index contributed by atoms with van der Waals surface area (Å²) in [7, 11) is 0. The molecule has 2 aromatic carbocycles. The van der Waals surface area contributed by atoms with Crippen molar-refractivity contribution in [3.63, 3.8) is 0 Å². The van der Waals surface area contributed by atoms with E-state index in [1.165, 1.54) is 128 Å². The molecule has 332 valence electrons. The number of carbonyl (C=O) groups excluding carboxylic acids is 2. The maximum absolute atomic E-state index is 11.0. The van der Waals surface area contributed by atoms with E-state index >= 15 is 0 Å². The minimum atomic E-state index is -1.65. The van der Waals surface area contributed by atoms with Crippen LogP contribution in [0.1, 0.15) is 218 Å². The standard InChI is InChI=1S/2C25H42O4.Ba/c2*1-2-3-4-5-6-7-8-9-10-11-12-13-17-20-25(28,21-24(26)27)29-22-23-18-15-14-16-19-23;/h2*14-16,18-19,28H,2-13,17,20-22H2,1H3,(H,26,27);/q;;+2/p-2. The van der Waals surface area contributed by atoms with Crippen molar-refractivity contribution in [2.45, 2.75) is 231 Å². The number of carboxylic acids is 2. The number of benzene rings is 2. The van der Waals surface area contributed by atoms with Crippen LogP contribution in [0, 0.1) is 0 Å². The van der Waals surface area contributed by atoms with Crippen molar-refractivity contribution in [3.05, 3.63) is 71.8 Å². The molecule has 9 heteroatoms. The van der Waals surface area contributed by atoms with E-state index in [9.17, 15) is 30.0 Å². The van der Waals surface area contributed by atoms with Gasteiger partial charge in [0.1, 0.15) is 0 Å². The van der Waals surface area contributed by atoms with Gasteiger partial charge in [-0.05, 0) is 24.0 Å². The van der Waals surface area contributed by atoms with E-state index in [2.05, 4.69) is 13.8 Å². The molecule has 0 aliphatic rings. The molecule has 0 aliphatic heterocycles. The van der Waals surface area contributed by atoms with Crippen molar-refractivity contribution < 1.29 is 39.5 Å². The van der Waals surface area contributed by atoms with Gasteiger partial charge in [0.05, 0.1) is 13.2 Å². The molecule has 0 aliphatic carbocycles. The Balaban J connectivity index is 0.00000112. The van der Waals surface area contributed by atoms with E-state index in [1.54, 1.807) is 0 Å². The van der Waals surface area contributed by atoms with E-state index in [4.69, 9.17) is 9.47 Å². The fourth-order valence-corrected chi connectivity index (χ4v) is 7.30. The summed E-state index contributed by atoms with van der Waals surface area (Å²) in [6.45, 7) is 4.90. The summed E-state index contributed by atoms with van der Waals surface area (Å²) >= 11 is 0. The Morgan fingerprint density at radius 1 is 0.441 bits per heavy atom. The molecule has 2 N–H and O–H groups in total. The molecule has 2 unspecified atom stereocenters. The first-order valence-corrected chi connectivity index (χ1v) is 23.3. The zero-order valence-electron chi connectivity index (χ0n) is 37.5. The maximum atomic E-state index is 11.0. The number of carboxylic acid groups (broad SMARTS) is 2. The number of unbranched alkanes of at least 4 members (excludes halogenated alkanes) is 24. The number of aliphatic carboxylic acids is 2. The third-order valence-electron chi connectivity index (χ3n) is 10.9. The van der Waals surface area contributed by atoms with Crippen LogP contribution >= 0.6 is 0 Å². The molecule has 0 fully saturated rings. The van der Waals surface area contributed by atoms with E-state index < -0.39 is 36.4 Å². The third-order valence-corrected chi connectivity index (χ3v) is 10.9. The molecular weight excluding hydrogens is 866 g/mol. The summed E-state index contributed by atoms with van der Waals surface area (Å²) in [5.74, 6) is -5.86. The predicted molar refractivity (Wildman–Crippen MR) is 238 cm³/mol. The Morgan fingerprint density at radius 2 is 0.678 bits per heavy atom. The Morgan fingerprint density at radius 3 is 0.915 bits per heavy atom. The monoisotopic (exact) mass is 949 g/mol.